The molecule has 2 amide bonds. The van der Waals surface area contributed by atoms with Gasteiger partial charge in [-0.2, -0.15) is 0 Å². The molecule has 1 aliphatic rings. The SMILES string of the molecule is O=C(O)CCC1CCN(C(=O)NCc2ccccn2)C1. The van der Waals surface area contributed by atoms with E-state index in [2.05, 4.69) is 10.3 Å². The standard InChI is InChI=1S/C14H19N3O3/c18-13(19)5-4-11-6-8-17(10-11)14(20)16-9-12-3-1-2-7-15-12/h1-3,7,11H,4-6,8-10H2,(H,16,20)(H,18,19). The highest BCUT2D eigenvalue weighted by Crippen LogP contribution is 2.20. The van der Waals surface area contributed by atoms with Crippen LogP contribution >= 0.6 is 0 Å². The topological polar surface area (TPSA) is 82.5 Å². The van der Waals surface area contributed by atoms with Gasteiger partial charge in [-0.1, -0.05) is 6.07 Å². The molecule has 0 aliphatic carbocycles. The number of amides is 2. The first-order valence-corrected chi connectivity index (χ1v) is 6.79. The van der Waals surface area contributed by atoms with Crippen molar-refractivity contribution in [2.75, 3.05) is 13.1 Å². The first-order chi connectivity index (χ1) is 9.65. The number of nitrogens with one attached hydrogen (secondary N) is 1. The van der Waals surface area contributed by atoms with E-state index in [1.54, 1.807) is 11.1 Å². The van der Waals surface area contributed by atoms with Crippen LogP contribution in [0.15, 0.2) is 24.4 Å². The third-order valence-corrected chi connectivity index (χ3v) is 3.49. The van der Waals surface area contributed by atoms with Crippen LogP contribution in [0.1, 0.15) is 25.0 Å². The molecule has 20 heavy (non-hydrogen) atoms. The molecule has 1 fully saturated rings. The van der Waals surface area contributed by atoms with Gasteiger partial charge in [0.25, 0.3) is 0 Å². The van der Waals surface area contributed by atoms with Crippen LogP contribution in [0.3, 0.4) is 0 Å². The van der Waals surface area contributed by atoms with Crippen molar-refractivity contribution in [3.05, 3.63) is 30.1 Å². The Morgan fingerprint density at radius 2 is 2.30 bits per heavy atom. The molecule has 2 rings (SSSR count). The number of carboxylic acid groups (broad SMARTS) is 1. The van der Waals surface area contributed by atoms with Crippen LogP contribution in [0.25, 0.3) is 0 Å². The summed E-state index contributed by atoms with van der Waals surface area (Å²) in [6.45, 7) is 1.75. The van der Waals surface area contributed by atoms with Crippen molar-refractivity contribution in [1.82, 2.24) is 15.2 Å². The van der Waals surface area contributed by atoms with E-state index < -0.39 is 5.97 Å². The highest BCUT2D eigenvalue weighted by molar-refractivity contribution is 5.74. The number of likely N-dealkylation sites (tertiary alicyclic amines) is 1. The van der Waals surface area contributed by atoms with Crippen molar-refractivity contribution >= 4 is 12.0 Å². The lowest BCUT2D eigenvalue weighted by Gasteiger charge is -2.17. The molecule has 1 saturated heterocycles. The number of hydrogen-bond donors (Lipinski definition) is 2. The monoisotopic (exact) mass is 277 g/mol. The van der Waals surface area contributed by atoms with Gasteiger partial charge >= 0.3 is 12.0 Å². The average molecular weight is 277 g/mol. The number of nitrogens with zero attached hydrogens (tertiary/aromatic N) is 2. The fourth-order valence-electron chi connectivity index (χ4n) is 2.36. The van der Waals surface area contributed by atoms with Gasteiger partial charge in [-0.05, 0) is 30.9 Å². The molecule has 0 radical (unpaired) electrons. The molecule has 1 aromatic rings. The second-order valence-corrected chi connectivity index (χ2v) is 5.01. The van der Waals surface area contributed by atoms with Crippen LogP contribution in [0.5, 0.6) is 0 Å². The van der Waals surface area contributed by atoms with Crippen LogP contribution in [-0.4, -0.2) is 40.1 Å². The molecule has 2 heterocycles. The van der Waals surface area contributed by atoms with Crippen molar-refractivity contribution < 1.29 is 14.7 Å². The normalized spacial score (nSPS) is 18.0. The molecule has 108 valence electrons. The van der Waals surface area contributed by atoms with E-state index in [-0.39, 0.29) is 12.5 Å². The number of rotatable bonds is 5. The van der Waals surface area contributed by atoms with Gasteiger partial charge in [0.05, 0.1) is 12.2 Å². The lowest BCUT2D eigenvalue weighted by molar-refractivity contribution is -0.137. The summed E-state index contributed by atoms with van der Waals surface area (Å²) in [6, 6.07) is 5.47. The molecule has 1 unspecified atom stereocenters. The van der Waals surface area contributed by atoms with Gasteiger partial charge in [0.2, 0.25) is 0 Å². The Bertz CT molecular complexity index is 464. The predicted molar refractivity (Wildman–Crippen MR) is 73.0 cm³/mol. The Balaban J connectivity index is 1.73. The van der Waals surface area contributed by atoms with Crippen LogP contribution < -0.4 is 5.32 Å². The molecule has 2 N–H and O–H groups in total. The fourth-order valence-corrected chi connectivity index (χ4v) is 2.36. The van der Waals surface area contributed by atoms with Crippen LogP contribution in [0.2, 0.25) is 0 Å². The van der Waals surface area contributed by atoms with Gasteiger partial charge in [-0.25, -0.2) is 4.79 Å². The molecule has 0 aromatic carbocycles. The van der Waals surface area contributed by atoms with Crippen LogP contribution in [-0.2, 0) is 11.3 Å². The molecule has 0 spiro atoms. The summed E-state index contributed by atoms with van der Waals surface area (Å²) in [5.74, 6) is -0.477. The lowest BCUT2D eigenvalue weighted by Crippen LogP contribution is -2.38. The minimum Gasteiger partial charge on any atom is -0.481 e. The number of urea groups is 1. The summed E-state index contributed by atoms with van der Waals surface area (Å²) in [5.41, 5.74) is 0.822. The number of carboxylic acids is 1. The van der Waals surface area contributed by atoms with Gasteiger partial charge in [-0.15, -0.1) is 0 Å². The zero-order chi connectivity index (χ0) is 14.4. The van der Waals surface area contributed by atoms with Crippen LogP contribution in [0.4, 0.5) is 4.79 Å². The summed E-state index contributed by atoms with van der Waals surface area (Å²) >= 11 is 0. The highest BCUT2D eigenvalue weighted by Gasteiger charge is 2.26. The Morgan fingerprint density at radius 1 is 1.45 bits per heavy atom. The summed E-state index contributed by atoms with van der Waals surface area (Å²) in [7, 11) is 0. The summed E-state index contributed by atoms with van der Waals surface area (Å²) in [6.07, 6.45) is 3.39. The van der Waals surface area contributed by atoms with Gasteiger partial charge < -0.3 is 15.3 Å². The molecule has 6 nitrogen and oxygen atoms in total. The Labute approximate surface area is 117 Å². The van der Waals surface area contributed by atoms with Crippen molar-refractivity contribution in [1.29, 1.82) is 0 Å². The van der Waals surface area contributed by atoms with Gasteiger partial charge in [0, 0.05) is 25.7 Å². The quantitative estimate of drug-likeness (QED) is 0.854. The fraction of sp³-hybridized carbons (Fsp3) is 0.500. The summed E-state index contributed by atoms with van der Waals surface area (Å²) < 4.78 is 0. The summed E-state index contributed by atoms with van der Waals surface area (Å²) in [5, 5.41) is 11.5. The lowest BCUT2D eigenvalue weighted by atomic mass is 10.0. The minimum atomic E-state index is -0.775. The van der Waals surface area contributed by atoms with Crippen molar-refractivity contribution in [2.45, 2.75) is 25.8 Å². The first kappa shape index (κ1) is 14.3. The molecule has 1 aromatic heterocycles. The van der Waals surface area contributed by atoms with Gasteiger partial charge in [0.15, 0.2) is 0 Å². The maximum atomic E-state index is 12.0. The molecule has 0 saturated carbocycles. The van der Waals surface area contributed by atoms with E-state index in [1.807, 2.05) is 18.2 Å². The zero-order valence-corrected chi connectivity index (χ0v) is 11.3. The average Bonchev–Trinajstić information content (AvgIpc) is 2.92. The van der Waals surface area contributed by atoms with Crippen LogP contribution in [0, 0.1) is 5.92 Å². The largest absolute Gasteiger partial charge is 0.481 e. The van der Waals surface area contributed by atoms with E-state index in [1.165, 1.54) is 0 Å². The highest BCUT2D eigenvalue weighted by atomic mass is 16.4. The minimum absolute atomic E-state index is 0.103. The molecule has 1 aliphatic heterocycles. The Morgan fingerprint density at radius 3 is 3.00 bits per heavy atom. The van der Waals surface area contributed by atoms with E-state index in [4.69, 9.17) is 5.11 Å². The van der Waals surface area contributed by atoms with Crippen molar-refractivity contribution in [3.63, 3.8) is 0 Å². The third kappa shape index (κ3) is 4.22. The number of hydrogen-bond acceptors (Lipinski definition) is 3. The number of aliphatic carboxylic acids is 1. The Hall–Kier alpha value is -2.11. The maximum Gasteiger partial charge on any atom is 0.317 e. The van der Waals surface area contributed by atoms with E-state index in [0.717, 1.165) is 12.1 Å². The summed E-state index contributed by atoms with van der Waals surface area (Å²) in [4.78, 5) is 28.4. The molecule has 0 bridgehead atoms. The number of aromatic nitrogens is 1. The maximum absolute atomic E-state index is 12.0. The molecule has 6 heteroatoms. The van der Waals surface area contributed by atoms with E-state index >= 15 is 0 Å². The molecule has 1 atom stereocenters. The second kappa shape index (κ2) is 6.88. The number of carbonyl (C=O) groups is 2. The van der Waals surface area contributed by atoms with E-state index in [9.17, 15) is 9.59 Å². The van der Waals surface area contributed by atoms with Crippen molar-refractivity contribution in [2.24, 2.45) is 5.92 Å². The second-order valence-electron chi connectivity index (χ2n) is 5.01. The number of carbonyl (C=O) groups excluding carboxylic acids is 1. The molecular formula is C14H19N3O3. The molecular weight excluding hydrogens is 258 g/mol. The predicted octanol–water partition coefficient (Wildman–Crippen LogP) is 1.48. The third-order valence-electron chi connectivity index (χ3n) is 3.49. The van der Waals surface area contributed by atoms with Crippen molar-refractivity contribution in [3.8, 4) is 0 Å². The van der Waals surface area contributed by atoms with Gasteiger partial charge in [-0.3, -0.25) is 9.78 Å². The van der Waals surface area contributed by atoms with E-state index in [0.29, 0.717) is 32.0 Å². The smallest absolute Gasteiger partial charge is 0.317 e. The zero-order valence-electron chi connectivity index (χ0n) is 11.3. The number of pyridine rings is 1. The van der Waals surface area contributed by atoms with Gasteiger partial charge in [0.1, 0.15) is 0 Å². The first-order valence-electron chi connectivity index (χ1n) is 6.79. The Kier molecular flexibility index (Phi) is 4.92.